The summed E-state index contributed by atoms with van der Waals surface area (Å²) in [5, 5.41) is 3.80. The first-order valence-corrected chi connectivity index (χ1v) is 7.55. The number of carbonyl (C=O) groups is 1. The summed E-state index contributed by atoms with van der Waals surface area (Å²) in [6.45, 7) is 4.77. The van der Waals surface area contributed by atoms with Gasteiger partial charge in [-0.2, -0.15) is 0 Å². The smallest absolute Gasteiger partial charge is 0.343 e. The summed E-state index contributed by atoms with van der Waals surface area (Å²) in [7, 11) is 1.23. The molecule has 0 saturated carbocycles. The van der Waals surface area contributed by atoms with Gasteiger partial charge < -0.3 is 24.5 Å². The van der Waals surface area contributed by atoms with Crippen LogP contribution in [0.25, 0.3) is 10.9 Å². The van der Waals surface area contributed by atoms with Crippen molar-refractivity contribution in [1.82, 2.24) is 9.97 Å². The Balaban J connectivity index is 1.77. The quantitative estimate of drug-likeness (QED) is 0.812. The topological polar surface area (TPSA) is 103 Å². The van der Waals surface area contributed by atoms with Gasteiger partial charge in [0, 0.05) is 24.2 Å². The molecule has 1 aliphatic heterocycles. The van der Waals surface area contributed by atoms with Crippen molar-refractivity contribution in [3.8, 4) is 0 Å². The van der Waals surface area contributed by atoms with Crippen LogP contribution in [0.15, 0.2) is 23.1 Å². The molecule has 2 N–H and O–H groups in total. The van der Waals surface area contributed by atoms with E-state index in [0.717, 1.165) is 0 Å². The van der Waals surface area contributed by atoms with E-state index in [-0.39, 0.29) is 11.7 Å². The van der Waals surface area contributed by atoms with E-state index in [9.17, 15) is 9.59 Å². The molecule has 0 aromatic carbocycles. The van der Waals surface area contributed by atoms with Crippen molar-refractivity contribution in [2.24, 2.45) is 0 Å². The Kier molecular flexibility index (Phi) is 4.25. The summed E-state index contributed by atoms with van der Waals surface area (Å²) in [4.78, 5) is 30.4. The number of hydrogen-bond donors (Lipinski definition) is 2. The molecule has 1 saturated heterocycles. The van der Waals surface area contributed by atoms with Crippen LogP contribution in [-0.2, 0) is 14.2 Å². The Morgan fingerprint density at radius 3 is 2.96 bits per heavy atom. The zero-order valence-corrected chi connectivity index (χ0v) is 13.7. The zero-order chi connectivity index (χ0) is 17.3. The average Bonchev–Trinajstić information content (AvgIpc) is 2.90. The van der Waals surface area contributed by atoms with E-state index in [4.69, 9.17) is 9.47 Å². The number of pyridine rings is 2. The molecule has 1 aliphatic rings. The molecule has 1 unspecified atom stereocenters. The van der Waals surface area contributed by atoms with Gasteiger partial charge in [0.05, 0.1) is 19.2 Å². The molecule has 1 fully saturated rings. The molecule has 0 spiro atoms. The van der Waals surface area contributed by atoms with E-state index < -0.39 is 17.3 Å². The van der Waals surface area contributed by atoms with E-state index in [1.807, 2.05) is 13.8 Å². The van der Waals surface area contributed by atoms with Crippen LogP contribution < -0.4 is 10.9 Å². The number of nitrogens with zero attached hydrogens (tertiary/aromatic N) is 1. The largest absolute Gasteiger partial charge is 0.465 e. The van der Waals surface area contributed by atoms with Crippen LogP contribution in [0.5, 0.6) is 0 Å². The van der Waals surface area contributed by atoms with Gasteiger partial charge in [-0.25, -0.2) is 9.78 Å². The van der Waals surface area contributed by atoms with Gasteiger partial charge in [0.25, 0.3) is 5.56 Å². The summed E-state index contributed by atoms with van der Waals surface area (Å²) in [5.74, 6) is -0.655. The van der Waals surface area contributed by atoms with Crippen LogP contribution in [0.1, 0.15) is 24.2 Å². The first-order chi connectivity index (χ1) is 11.4. The van der Waals surface area contributed by atoms with Crippen LogP contribution >= 0.6 is 0 Å². The highest BCUT2D eigenvalue weighted by atomic mass is 16.7. The van der Waals surface area contributed by atoms with Gasteiger partial charge in [-0.15, -0.1) is 0 Å². The SMILES string of the molecule is COC(=O)c1cc2cnc(NCC3COC(C)(C)O3)cc2[nH]c1=O. The number of fused-ring (bicyclic) bond motifs is 1. The van der Waals surface area contributed by atoms with Crippen LogP contribution in [0.2, 0.25) is 0 Å². The first kappa shape index (κ1) is 16.4. The van der Waals surface area contributed by atoms with E-state index in [1.165, 1.54) is 13.2 Å². The predicted molar refractivity (Wildman–Crippen MR) is 87.1 cm³/mol. The monoisotopic (exact) mass is 333 g/mol. The van der Waals surface area contributed by atoms with E-state index >= 15 is 0 Å². The summed E-state index contributed by atoms with van der Waals surface area (Å²) in [5.41, 5.74) is 0.0288. The maximum atomic E-state index is 11.9. The first-order valence-electron chi connectivity index (χ1n) is 7.55. The normalized spacial score (nSPS) is 19.4. The summed E-state index contributed by atoms with van der Waals surface area (Å²) < 4.78 is 15.8. The Morgan fingerprint density at radius 1 is 1.50 bits per heavy atom. The molecule has 128 valence electrons. The zero-order valence-electron chi connectivity index (χ0n) is 13.7. The summed E-state index contributed by atoms with van der Waals surface area (Å²) >= 11 is 0. The standard InChI is InChI=1S/C16H19N3O5/c1-16(2)23-8-10(24-16)7-18-13-5-12-9(6-17-13)4-11(14(20)19-12)15(21)22-3/h4-6,10H,7-8H2,1-3H3,(H,17,18)(H,19,20). The van der Waals surface area contributed by atoms with Gasteiger partial charge in [0.1, 0.15) is 17.5 Å². The number of aromatic nitrogens is 2. The number of aromatic amines is 1. The van der Waals surface area contributed by atoms with Crippen molar-refractivity contribution in [2.45, 2.75) is 25.7 Å². The minimum atomic E-state index is -0.679. The lowest BCUT2D eigenvalue weighted by molar-refractivity contribution is -0.136. The highest BCUT2D eigenvalue weighted by molar-refractivity contribution is 5.93. The number of anilines is 1. The third-order valence-corrected chi connectivity index (χ3v) is 3.71. The molecule has 24 heavy (non-hydrogen) atoms. The molecule has 3 heterocycles. The second-order valence-electron chi connectivity index (χ2n) is 5.99. The third-order valence-electron chi connectivity index (χ3n) is 3.71. The van der Waals surface area contributed by atoms with Crippen molar-refractivity contribution in [2.75, 3.05) is 25.6 Å². The van der Waals surface area contributed by atoms with Crippen LogP contribution in [0.3, 0.4) is 0 Å². The van der Waals surface area contributed by atoms with Gasteiger partial charge >= 0.3 is 5.97 Å². The minimum absolute atomic E-state index is 0.0498. The molecular weight excluding hydrogens is 314 g/mol. The maximum Gasteiger partial charge on any atom is 0.343 e. The van der Waals surface area contributed by atoms with Gasteiger partial charge in [-0.05, 0) is 19.9 Å². The van der Waals surface area contributed by atoms with E-state index in [2.05, 4.69) is 20.0 Å². The van der Waals surface area contributed by atoms with Crippen LogP contribution in [0, 0.1) is 0 Å². The molecule has 1 atom stereocenters. The van der Waals surface area contributed by atoms with Gasteiger partial charge in [-0.1, -0.05) is 0 Å². The third kappa shape index (κ3) is 3.39. The van der Waals surface area contributed by atoms with Crippen molar-refractivity contribution in [3.63, 3.8) is 0 Å². The Morgan fingerprint density at radius 2 is 2.29 bits per heavy atom. The van der Waals surface area contributed by atoms with Gasteiger partial charge in [0.2, 0.25) is 0 Å². The van der Waals surface area contributed by atoms with E-state index in [0.29, 0.717) is 29.9 Å². The number of esters is 1. The predicted octanol–water partition coefficient (Wildman–Crippen LogP) is 1.27. The second kappa shape index (κ2) is 6.21. The van der Waals surface area contributed by atoms with Gasteiger partial charge in [-0.3, -0.25) is 4.79 Å². The molecule has 2 aromatic rings. The molecule has 0 amide bonds. The fourth-order valence-corrected chi connectivity index (χ4v) is 2.54. The van der Waals surface area contributed by atoms with Crippen molar-refractivity contribution in [1.29, 1.82) is 0 Å². The summed E-state index contributed by atoms with van der Waals surface area (Å²) in [6.07, 6.45) is 1.51. The Hall–Kier alpha value is -2.45. The molecule has 3 rings (SSSR count). The molecule has 8 nitrogen and oxygen atoms in total. The number of hydrogen-bond acceptors (Lipinski definition) is 7. The minimum Gasteiger partial charge on any atom is -0.465 e. The highest BCUT2D eigenvalue weighted by Gasteiger charge is 2.32. The number of methoxy groups -OCH3 is 1. The Labute approximate surface area is 138 Å². The van der Waals surface area contributed by atoms with Gasteiger partial charge in [0.15, 0.2) is 5.79 Å². The lowest BCUT2D eigenvalue weighted by Gasteiger charge is -2.17. The van der Waals surface area contributed by atoms with Crippen LogP contribution in [0.4, 0.5) is 5.82 Å². The molecule has 0 bridgehead atoms. The number of H-pyrrole nitrogens is 1. The summed E-state index contributed by atoms with van der Waals surface area (Å²) in [6, 6.07) is 3.17. The number of ether oxygens (including phenoxy) is 3. The van der Waals surface area contributed by atoms with Crippen molar-refractivity contribution >= 4 is 22.7 Å². The number of nitrogens with one attached hydrogen (secondary N) is 2. The van der Waals surface area contributed by atoms with Crippen LogP contribution in [-0.4, -0.2) is 48.1 Å². The second-order valence-corrected chi connectivity index (χ2v) is 5.99. The highest BCUT2D eigenvalue weighted by Crippen LogP contribution is 2.22. The molecule has 0 radical (unpaired) electrons. The lowest BCUT2D eigenvalue weighted by atomic mass is 10.2. The lowest BCUT2D eigenvalue weighted by Crippen LogP contribution is -2.26. The molecular formula is C16H19N3O5. The van der Waals surface area contributed by atoms with E-state index in [1.54, 1.807) is 12.3 Å². The molecule has 2 aromatic heterocycles. The fourth-order valence-electron chi connectivity index (χ4n) is 2.54. The number of carbonyl (C=O) groups excluding carboxylic acids is 1. The van der Waals surface area contributed by atoms with Crippen molar-refractivity contribution in [3.05, 3.63) is 34.2 Å². The van der Waals surface area contributed by atoms with Crippen molar-refractivity contribution < 1.29 is 19.0 Å². The maximum absolute atomic E-state index is 11.9. The fraction of sp³-hybridized carbons (Fsp3) is 0.438. The number of rotatable bonds is 4. The average molecular weight is 333 g/mol. The Bertz CT molecular complexity index is 830. The molecule has 0 aliphatic carbocycles. The molecule has 8 heteroatoms.